The number of carbonyl (C=O) groups excluding carboxylic acids is 1. The highest BCUT2D eigenvalue weighted by atomic mass is 32.1. The Labute approximate surface area is 135 Å². The average molecular weight is 318 g/mol. The van der Waals surface area contributed by atoms with Gasteiger partial charge in [0.1, 0.15) is 5.00 Å². The summed E-state index contributed by atoms with van der Waals surface area (Å²) in [5.74, 6) is -0.00714. The number of nitrogens with one attached hydrogen (secondary N) is 1. The third-order valence-corrected chi connectivity index (χ3v) is 4.48. The van der Waals surface area contributed by atoms with E-state index >= 15 is 0 Å². The van der Waals surface area contributed by atoms with Crippen LogP contribution in [0.2, 0.25) is 0 Å². The molecule has 118 valence electrons. The van der Waals surface area contributed by atoms with E-state index in [1.165, 1.54) is 11.5 Å². The van der Waals surface area contributed by atoms with Gasteiger partial charge in [0.25, 0.3) is 5.91 Å². The van der Waals surface area contributed by atoms with Gasteiger partial charge in [-0.1, -0.05) is 12.1 Å². The van der Waals surface area contributed by atoms with Crippen LogP contribution in [0.1, 0.15) is 21.6 Å². The van der Waals surface area contributed by atoms with Crippen LogP contribution in [0.25, 0.3) is 0 Å². The Bertz CT molecular complexity index is 649. The van der Waals surface area contributed by atoms with Crippen molar-refractivity contribution in [1.82, 2.24) is 9.27 Å². The van der Waals surface area contributed by atoms with Crippen molar-refractivity contribution in [3.05, 3.63) is 41.1 Å². The maximum absolute atomic E-state index is 12.6. The van der Waals surface area contributed by atoms with Crippen LogP contribution < -0.4 is 10.2 Å². The highest BCUT2D eigenvalue weighted by molar-refractivity contribution is 7.10. The molecule has 0 aliphatic heterocycles. The molecular formula is C16H22N4OS. The molecule has 1 heterocycles. The van der Waals surface area contributed by atoms with Crippen LogP contribution in [0.15, 0.2) is 24.3 Å². The normalized spacial score (nSPS) is 10.4. The standard InChI is InChI=1S/C16H22N4OS/c1-11-14(15(17-2)22-18-11)16(21)20(5)10-12-6-8-13(9-7-12)19(3)4/h6-9,17H,10H2,1-5H3. The molecule has 2 aromatic rings. The Morgan fingerprint density at radius 3 is 2.41 bits per heavy atom. The van der Waals surface area contributed by atoms with Crippen LogP contribution in [0, 0.1) is 6.92 Å². The molecule has 0 spiro atoms. The van der Waals surface area contributed by atoms with E-state index in [1.807, 2.05) is 35.1 Å². The minimum Gasteiger partial charge on any atom is -0.378 e. The van der Waals surface area contributed by atoms with E-state index < -0.39 is 0 Å². The number of benzene rings is 1. The Morgan fingerprint density at radius 2 is 1.86 bits per heavy atom. The van der Waals surface area contributed by atoms with E-state index in [0.717, 1.165) is 21.9 Å². The largest absolute Gasteiger partial charge is 0.378 e. The van der Waals surface area contributed by atoms with E-state index in [1.54, 1.807) is 4.90 Å². The number of rotatable bonds is 5. The van der Waals surface area contributed by atoms with E-state index in [2.05, 4.69) is 38.9 Å². The molecule has 6 heteroatoms. The molecule has 0 saturated carbocycles. The summed E-state index contributed by atoms with van der Waals surface area (Å²) in [6.07, 6.45) is 0. The second-order valence-corrected chi connectivity index (χ2v) is 6.22. The van der Waals surface area contributed by atoms with Gasteiger partial charge in [0.2, 0.25) is 0 Å². The number of hydrogen-bond donors (Lipinski definition) is 1. The predicted octanol–water partition coefficient (Wildman–Crippen LogP) is 2.83. The monoisotopic (exact) mass is 318 g/mol. The van der Waals surface area contributed by atoms with Crippen molar-refractivity contribution in [2.24, 2.45) is 0 Å². The maximum atomic E-state index is 12.6. The summed E-state index contributed by atoms with van der Waals surface area (Å²) in [6.45, 7) is 2.44. The van der Waals surface area contributed by atoms with Gasteiger partial charge >= 0.3 is 0 Å². The summed E-state index contributed by atoms with van der Waals surface area (Å²) in [5, 5.41) is 3.86. The van der Waals surface area contributed by atoms with Crippen LogP contribution in [0.4, 0.5) is 10.7 Å². The SMILES string of the molecule is CNc1snc(C)c1C(=O)N(C)Cc1ccc(N(C)C)cc1. The highest BCUT2D eigenvalue weighted by Gasteiger charge is 2.21. The average Bonchev–Trinajstić information content (AvgIpc) is 2.87. The minimum absolute atomic E-state index is 0.00714. The van der Waals surface area contributed by atoms with E-state index in [4.69, 9.17) is 0 Å². The van der Waals surface area contributed by atoms with Crippen molar-refractivity contribution in [3.8, 4) is 0 Å². The van der Waals surface area contributed by atoms with Gasteiger partial charge in [0, 0.05) is 40.4 Å². The van der Waals surface area contributed by atoms with Crippen molar-refractivity contribution in [3.63, 3.8) is 0 Å². The number of aromatic nitrogens is 1. The van der Waals surface area contributed by atoms with Crippen LogP contribution >= 0.6 is 11.5 Å². The fourth-order valence-electron chi connectivity index (χ4n) is 2.23. The van der Waals surface area contributed by atoms with Crippen molar-refractivity contribution < 1.29 is 4.79 Å². The molecular weight excluding hydrogens is 296 g/mol. The Kier molecular flexibility index (Phi) is 5.03. The maximum Gasteiger partial charge on any atom is 0.258 e. The number of hydrogen-bond acceptors (Lipinski definition) is 5. The zero-order chi connectivity index (χ0) is 16.3. The molecule has 0 radical (unpaired) electrons. The van der Waals surface area contributed by atoms with Crippen molar-refractivity contribution in [2.75, 3.05) is 38.4 Å². The van der Waals surface area contributed by atoms with E-state index in [9.17, 15) is 4.79 Å². The van der Waals surface area contributed by atoms with Crippen molar-refractivity contribution in [1.29, 1.82) is 0 Å². The molecule has 1 N–H and O–H groups in total. The third-order valence-electron chi connectivity index (χ3n) is 3.52. The summed E-state index contributed by atoms with van der Waals surface area (Å²) < 4.78 is 4.26. The van der Waals surface area contributed by atoms with E-state index in [-0.39, 0.29) is 5.91 Å². The molecule has 1 aromatic heterocycles. The summed E-state index contributed by atoms with van der Waals surface area (Å²) in [4.78, 5) is 16.4. The summed E-state index contributed by atoms with van der Waals surface area (Å²) >= 11 is 1.32. The lowest BCUT2D eigenvalue weighted by Gasteiger charge is -2.19. The first kappa shape index (κ1) is 16.3. The summed E-state index contributed by atoms with van der Waals surface area (Å²) in [6, 6.07) is 8.22. The van der Waals surface area contributed by atoms with Gasteiger partial charge in [-0.15, -0.1) is 0 Å². The van der Waals surface area contributed by atoms with Crippen LogP contribution in [0.5, 0.6) is 0 Å². The quantitative estimate of drug-likeness (QED) is 0.921. The molecule has 22 heavy (non-hydrogen) atoms. The molecule has 1 aromatic carbocycles. The van der Waals surface area contributed by atoms with Gasteiger partial charge < -0.3 is 15.1 Å². The lowest BCUT2D eigenvalue weighted by molar-refractivity contribution is 0.0785. The molecule has 0 fully saturated rings. The van der Waals surface area contributed by atoms with Crippen molar-refractivity contribution >= 4 is 28.1 Å². The fourth-order valence-corrected chi connectivity index (χ4v) is 2.97. The molecule has 2 rings (SSSR count). The Hall–Kier alpha value is -2.08. The third kappa shape index (κ3) is 3.39. The zero-order valence-electron chi connectivity index (χ0n) is 13.7. The summed E-state index contributed by atoms with van der Waals surface area (Å²) in [5.41, 5.74) is 3.69. The zero-order valence-corrected chi connectivity index (χ0v) is 14.5. The van der Waals surface area contributed by atoms with Crippen LogP contribution in [-0.4, -0.2) is 43.4 Å². The van der Waals surface area contributed by atoms with Gasteiger partial charge in [-0.05, 0) is 36.2 Å². The van der Waals surface area contributed by atoms with Crippen LogP contribution in [-0.2, 0) is 6.54 Å². The lowest BCUT2D eigenvalue weighted by atomic mass is 10.1. The van der Waals surface area contributed by atoms with Crippen LogP contribution in [0.3, 0.4) is 0 Å². The number of carbonyl (C=O) groups is 1. The summed E-state index contributed by atoms with van der Waals surface area (Å²) in [7, 11) is 7.65. The number of aryl methyl sites for hydroxylation is 1. The lowest BCUT2D eigenvalue weighted by Crippen LogP contribution is -2.27. The smallest absolute Gasteiger partial charge is 0.258 e. The van der Waals surface area contributed by atoms with Gasteiger partial charge in [-0.25, -0.2) is 0 Å². The number of nitrogens with zero attached hydrogens (tertiary/aromatic N) is 3. The Morgan fingerprint density at radius 1 is 1.23 bits per heavy atom. The fraction of sp³-hybridized carbons (Fsp3) is 0.375. The predicted molar refractivity (Wildman–Crippen MR) is 93.0 cm³/mol. The second kappa shape index (κ2) is 6.79. The van der Waals surface area contributed by atoms with E-state index in [0.29, 0.717) is 12.1 Å². The molecule has 0 bridgehead atoms. The number of amides is 1. The van der Waals surface area contributed by atoms with Crippen molar-refractivity contribution in [2.45, 2.75) is 13.5 Å². The minimum atomic E-state index is -0.00714. The first-order chi connectivity index (χ1) is 10.4. The molecule has 0 aliphatic carbocycles. The van der Waals surface area contributed by atoms with Gasteiger partial charge in [-0.3, -0.25) is 4.79 Å². The second-order valence-electron chi connectivity index (χ2n) is 5.44. The first-order valence-corrected chi connectivity index (χ1v) is 7.87. The number of anilines is 2. The van der Waals surface area contributed by atoms with Gasteiger partial charge in [0.15, 0.2) is 0 Å². The highest BCUT2D eigenvalue weighted by Crippen LogP contribution is 2.25. The van der Waals surface area contributed by atoms with Gasteiger partial charge in [0.05, 0.1) is 11.3 Å². The molecule has 5 nitrogen and oxygen atoms in total. The Balaban J connectivity index is 2.12. The topological polar surface area (TPSA) is 48.5 Å². The molecule has 0 aliphatic rings. The molecule has 0 saturated heterocycles. The molecule has 1 amide bonds. The molecule has 0 atom stereocenters. The first-order valence-electron chi connectivity index (χ1n) is 7.09. The van der Waals surface area contributed by atoms with Gasteiger partial charge in [-0.2, -0.15) is 4.37 Å². The molecule has 0 unspecified atom stereocenters.